The molecule has 6 nitrogen and oxygen atoms in total. The Morgan fingerprint density at radius 2 is 2.19 bits per heavy atom. The summed E-state index contributed by atoms with van der Waals surface area (Å²) in [7, 11) is 1.59. The number of carbonyl (C=O) groups excluding carboxylic acids is 2. The zero-order chi connectivity index (χ0) is 19.1. The highest BCUT2D eigenvalue weighted by Crippen LogP contribution is 2.12. The Kier molecular flexibility index (Phi) is 6.98. The summed E-state index contributed by atoms with van der Waals surface area (Å²) in [4.78, 5) is 26.8. The minimum atomic E-state index is -0.172. The van der Waals surface area contributed by atoms with Crippen LogP contribution in [0.2, 0.25) is 0 Å². The number of hydrogen-bond donors (Lipinski definition) is 3. The number of anilines is 1. The van der Waals surface area contributed by atoms with Crippen LogP contribution in [-0.2, 0) is 16.1 Å². The molecule has 0 radical (unpaired) electrons. The summed E-state index contributed by atoms with van der Waals surface area (Å²) < 4.78 is 5.76. The first kappa shape index (κ1) is 19.5. The Balaban J connectivity index is 1.61. The number of thiophene rings is 1. The molecule has 2 aromatic rings. The molecule has 0 saturated carbocycles. The van der Waals surface area contributed by atoms with Crippen LogP contribution in [0.5, 0.6) is 0 Å². The van der Waals surface area contributed by atoms with Gasteiger partial charge in [-0.15, -0.1) is 11.3 Å². The van der Waals surface area contributed by atoms with Crippen molar-refractivity contribution in [1.82, 2.24) is 5.32 Å². The molecule has 1 fully saturated rings. The molecule has 3 N–H and O–H groups in total. The van der Waals surface area contributed by atoms with Gasteiger partial charge >= 0.3 is 0 Å². The van der Waals surface area contributed by atoms with Crippen LogP contribution in [0.25, 0.3) is 0 Å². The highest BCUT2D eigenvalue weighted by Gasteiger charge is 2.24. The summed E-state index contributed by atoms with van der Waals surface area (Å²) in [6.45, 7) is 2.81. The average Bonchev–Trinajstić information content (AvgIpc) is 3.35. The summed E-state index contributed by atoms with van der Waals surface area (Å²) in [5, 5.41) is 7.57. The van der Waals surface area contributed by atoms with Crippen molar-refractivity contribution in [2.24, 2.45) is 0 Å². The van der Waals surface area contributed by atoms with Crippen molar-refractivity contribution in [1.29, 1.82) is 0 Å². The zero-order valence-corrected chi connectivity index (χ0v) is 16.3. The molecule has 2 heterocycles. The van der Waals surface area contributed by atoms with E-state index in [0.717, 1.165) is 32.5 Å². The molecule has 1 aromatic carbocycles. The van der Waals surface area contributed by atoms with E-state index in [4.69, 9.17) is 4.74 Å². The van der Waals surface area contributed by atoms with Crippen molar-refractivity contribution in [2.75, 3.05) is 32.1 Å². The van der Waals surface area contributed by atoms with Crippen LogP contribution < -0.4 is 15.5 Å². The molecule has 2 atom stereocenters. The normalized spacial score (nSPS) is 17.4. The fourth-order valence-corrected chi connectivity index (χ4v) is 4.08. The topological polar surface area (TPSA) is 71.9 Å². The van der Waals surface area contributed by atoms with Crippen LogP contribution in [0.15, 0.2) is 41.8 Å². The molecule has 144 valence electrons. The minimum Gasteiger partial charge on any atom is -0.372 e. The van der Waals surface area contributed by atoms with E-state index in [1.807, 2.05) is 6.07 Å². The third kappa shape index (κ3) is 5.89. The number of benzene rings is 1. The monoisotopic (exact) mass is 388 g/mol. The second kappa shape index (κ2) is 9.64. The van der Waals surface area contributed by atoms with Crippen molar-refractivity contribution in [3.05, 3.63) is 52.2 Å². The van der Waals surface area contributed by atoms with Crippen LogP contribution >= 0.6 is 11.3 Å². The van der Waals surface area contributed by atoms with Crippen LogP contribution in [0.1, 0.15) is 28.1 Å². The third-order valence-electron chi connectivity index (χ3n) is 4.59. The fourth-order valence-electron chi connectivity index (χ4n) is 3.31. The highest BCUT2D eigenvalue weighted by molar-refractivity contribution is 7.09. The first-order chi connectivity index (χ1) is 13.1. The van der Waals surface area contributed by atoms with Gasteiger partial charge in [0, 0.05) is 24.9 Å². The molecule has 0 bridgehead atoms. The van der Waals surface area contributed by atoms with Gasteiger partial charge in [-0.25, -0.2) is 0 Å². The molecular weight excluding hydrogens is 362 g/mol. The van der Waals surface area contributed by atoms with Gasteiger partial charge < -0.3 is 20.3 Å². The van der Waals surface area contributed by atoms with Gasteiger partial charge in [-0.3, -0.25) is 9.59 Å². The van der Waals surface area contributed by atoms with E-state index in [9.17, 15) is 9.59 Å². The Labute approximate surface area is 163 Å². The van der Waals surface area contributed by atoms with Gasteiger partial charge in [0.15, 0.2) is 6.54 Å². The molecule has 2 amide bonds. The molecule has 0 aliphatic carbocycles. The molecular formula is C20H26N3O3S+. The lowest BCUT2D eigenvalue weighted by molar-refractivity contribution is -0.908. The van der Waals surface area contributed by atoms with E-state index in [-0.39, 0.29) is 17.9 Å². The van der Waals surface area contributed by atoms with Crippen LogP contribution in [0, 0.1) is 0 Å². The Hall–Kier alpha value is -2.22. The average molecular weight is 389 g/mol. The molecule has 1 saturated heterocycles. The van der Waals surface area contributed by atoms with Gasteiger partial charge in [-0.05, 0) is 42.5 Å². The van der Waals surface area contributed by atoms with Gasteiger partial charge in [0.2, 0.25) is 0 Å². The number of ether oxygens (including phenoxy) is 1. The maximum Gasteiger partial charge on any atom is 0.279 e. The second-order valence-electron chi connectivity index (χ2n) is 6.73. The summed E-state index contributed by atoms with van der Waals surface area (Å²) >= 11 is 1.71. The van der Waals surface area contributed by atoms with Crippen molar-refractivity contribution in [2.45, 2.75) is 25.5 Å². The first-order valence-corrected chi connectivity index (χ1v) is 10.1. The highest BCUT2D eigenvalue weighted by atomic mass is 32.1. The number of nitrogens with one attached hydrogen (secondary N) is 3. The van der Waals surface area contributed by atoms with Crippen molar-refractivity contribution >= 4 is 28.8 Å². The lowest BCUT2D eigenvalue weighted by Crippen LogP contribution is -3.12. The molecule has 27 heavy (non-hydrogen) atoms. The van der Waals surface area contributed by atoms with Gasteiger partial charge in [-0.1, -0.05) is 12.1 Å². The largest absolute Gasteiger partial charge is 0.372 e. The van der Waals surface area contributed by atoms with Gasteiger partial charge in [0.25, 0.3) is 11.8 Å². The van der Waals surface area contributed by atoms with E-state index in [2.05, 4.69) is 22.1 Å². The number of amides is 2. The number of rotatable bonds is 8. The summed E-state index contributed by atoms with van der Waals surface area (Å²) in [5.41, 5.74) is 1.16. The predicted octanol–water partition coefficient (Wildman–Crippen LogP) is 1.31. The summed E-state index contributed by atoms with van der Waals surface area (Å²) in [6, 6.07) is 11.1. The van der Waals surface area contributed by atoms with E-state index in [1.54, 1.807) is 42.6 Å². The maximum absolute atomic E-state index is 12.6. The summed E-state index contributed by atoms with van der Waals surface area (Å²) in [6.07, 6.45) is 2.38. The van der Waals surface area contributed by atoms with Crippen molar-refractivity contribution in [3.8, 4) is 0 Å². The molecule has 1 aromatic heterocycles. The summed E-state index contributed by atoms with van der Waals surface area (Å²) in [5.74, 6) is -0.233. The van der Waals surface area contributed by atoms with E-state index in [0.29, 0.717) is 17.8 Å². The van der Waals surface area contributed by atoms with Crippen LogP contribution in [-0.4, -0.2) is 44.7 Å². The molecule has 1 unspecified atom stereocenters. The lowest BCUT2D eigenvalue weighted by Gasteiger charge is -2.21. The fraction of sp³-hybridized carbons (Fsp3) is 0.400. The van der Waals surface area contributed by atoms with Crippen LogP contribution in [0.4, 0.5) is 5.69 Å². The van der Waals surface area contributed by atoms with Crippen molar-refractivity contribution < 1.29 is 19.2 Å². The Morgan fingerprint density at radius 3 is 2.89 bits per heavy atom. The number of carbonyl (C=O) groups is 2. The van der Waals surface area contributed by atoms with E-state index in [1.165, 1.54) is 9.78 Å². The van der Waals surface area contributed by atoms with E-state index >= 15 is 0 Å². The maximum atomic E-state index is 12.6. The molecule has 0 spiro atoms. The molecule has 1 aliphatic rings. The smallest absolute Gasteiger partial charge is 0.279 e. The zero-order valence-electron chi connectivity index (χ0n) is 15.5. The quantitative estimate of drug-likeness (QED) is 0.639. The first-order valence-electron chi connectivity index (χ1n) is 9.23. The number of hydrogen-bond acceptors (Lipinski definition) is 4. The molecule has 3 rings (SSSR count). The van der Waals surface area contributed by atoms with Crippen molar-refractivity contribution in [3.63, 3.8) is 0 Å². The second-order valence-corrected chi connectivity index (χ2v) is 7.76. The van der Waals surface area contributed by atoms with Gasteiger partial charge in [-0.2, -0.15) is 0 Å². The lowest BCUT2D eigenvalue weighted by atomic mass is 10.2. The minimum absolute atomic E-state index is 0.0615. The number of quaternary nitrogens is 1. The van der Waals surface area contributed by atoms with Gasteiger partial charge in [0.05, 0.1) is 4.88 Å². The van der Waals surface area contributed by atoms with E-state index < -0.39 is 0 Å². The molecule has 1 aliphatic heterocycles. The predicted molar refractivity (Wildman–Crippen MR) is 106 cm³/mol. The van der Waals surface area contributed by atoms with Crippen LogP contribution in [0.3, 0.4) is 0 Å². The van der Waals surface area contributed by atoms with Gasteiger partial charge in [0.1, 0.15) is 19.2 Å². The third-order valence-corrected chi connectivity index (χ3v) is 5.47. The Morgan fingerprint density at radius 1 is 1.30 bits per heavy atom. The Bertz CT molecular complexity index is 758. The standard InChI is InChI=1S/C20H25N3O3S/c1-21-20(25)15-5-2-6-16(11-15)22-19(24)14-23(12-17-7-3-9-26-17)13-18-8-4-10-27-18/h2,4-6,8,10-11,17H,3,7,9,12-14H2,1H3,(H,21,25)(H,22,24)/p+1/t17-/m1/s1. The SMILES string of the molecule is CNC(=O)c1cccc(NC(=O)C[NH+](Cc2cccs2)C[C@H]2CCCO2)c1. The molecule has 7 heteroatoms.